The van der Waals surface area contributed by atoms with E-state index in [1.165, 1.54) is 24.2 Å². The van der Waals surface area contributed by atoms with E-state index in [0.29, 0.717) is 29.3 Å². The van der Waals surface area contributed by atoms with Crippen molar-refractivity contribution < 1.29 is 8.42 Å². The first kappa shape index (κ1) is 15.7. The molecule has 0 atom stereocenters. The van der Waals surface area contributed by atoms with Crippen LogP contribution < -0.4 is 0 Å². The van der Waals surface area contributed by atoms with Crippen molar-refractivity contribution in [2.24, 2.45) is 0 Å². The topological polar surface area (TPSA) is 68.1 Å². The van der Waals surface area contributed by atoms with Gasteiger partial charge in [0.25, 0.3) is 10.0 Å². The van der Waals surface area contributed by atoms with Gasteiger partial charge in [0, 0.05) is 25.0 Å². The van der Waals surface area contributed by atoms with Gasteiger partial charge in [-0.3, -0.25) is 0 Å². The molecule has 1 saturated carbocycles. The van der Waals surface area contributed by atoms with E-state index in [2.05, 4.69) is 30.7 Å². The lowest BCUT2D eigenvalue weighted by Crippen LogP contribution is -2.38. The maximum atomic E-state index is 12.7. The molecule has 2 aromatic rings. The summed E-state index contributed by atoms with van der Waals surface area (Å²) in [6, 6.07) is 3.76. The monoisotopic (exact) mass is 416 g/mol. The minimum atomic E-state index is -3.37. The largest absolute Gasteiger partial charge is 0.314 e. The standard InChI is InChI=1S/C14H17BrN4O2S2/c15-12-3-4-13(22-12)23(20,21)18-7-5-11(6-8-18)19-9-16-17-14(19)10-1-2-10/h3-4,9-11H,1-2,5-8H2. The van der Waals surface area contributed by atoms with Crippen molar-refractivity contribution in [2.75, 3.05) is 13.1 Å². The second-order valence-electron chi connectivity index (χ2n) is 6.06. The Hall–Kier alpha value is -0.770. The molecule has 4 rings (SSSR count). The molecule has 1 aliphatic heterocycles. The van der Waals surface area contributed by atoms with E-state index in [-0.39, 0.29) is 0 Å². The number of aromatic nitrogens is 3. The van der Waals surface area contributed by atoms with Gasteiger partial charge >= 0.3 is 0 Å². The Balaban J connectivity index is 1.47. The van der Waals surface area contributed by atoms with Gasteiger partial charge in [0.05, 0.1) is 3.79 Å². The molecule has 0 spiro atoms. The Morgan fingerprint density at radius 1 is 1.17 bits per heavy atom. The highest BCUT2D eigenvalue weighted by Crippen LogP contribution is 2.41. The minimum absolute atomic E-state index is 0.308. The predicted octanol–water partition coefficient (Wildman–Crippen LogP) is 3.01. The lowest BCUT2D eigenvalue weighted by Gasteiger charge is -2.31. The second kappa shape index (κ2) is 5.94. The number of piperidine rings is 1. The van der Waals surface area contributed by atoms with Crippen molar-refractivity contribution in [3.63, 3.8) is 0 Å². The number of hydrogen-bond acceptors (Lipinski definition) is 5. The Labute approximate surface area is 147 Å². The first-order valence-corrected chi connectivity index (χ1v) is 10.8. The zero-order valence-electron chi connectivity index (χ0n) is 12.4. The summed E-state index contributed by atoms with van der Waals surface area (Å²) >= 11 is 4.59. The van der Waals surface area contributed by atoms with Crippen LogP contribution in [0.25, 0.3) is 0 Å². The lowest BCUT2D eigenvalue weighted by molar-refractivity contribution is 0.270. The van der Waals surface area contributed by atoms with Gasteiger partial charge in [0.15, 0.2) is 0 Å². The Morgan fingerprint density at radius 3 is 2.52 bits per heavy atom. The number of nitrogens with zero attached hydrogens (tertiary/aromatic N) is 4. The Bertz CT molecular complexity index is 804. The third-order valence-corrected chi connectivity index (χ3v) is 8.49. The quantitative estimate of drug-likeness (QED) is 0.767. The molecule has 0 N–H and O–H groups in total. The van der Waals surface area contributed by atoms with Crippen LogP contribution in [0, 0.1) is 0 Å². The summed E-state index contributed by atoms with van der Waals surface area (Å²) < 4.78 is 30.3. The molecule has 1 aliphatic carbocycles. The molecule has 2 aliphatic rings. The van der Waals surface area contributed by atoms with Crippen LogP contribution >= 0.6 is 27.3 Å². The average Bonchev–Trinajstić information content (AvgIpc) is 3.09. The van der Waals surface area contributed by atoms with Gasteiger partial charge in [-0.25, -0.2) is 8.42 Å². The number of sulfonamides is 1. The molecule has 124 valence electrons. The van der Waals surface area contributed by atoms with Crippen LogP contribution in [0.3, 0.4) is 0 Å². The SMILES string of the molecule is O=S(=O)(c1ccc(Br)s1)N1CCC(n2cnnc2C2CC2)CC1. The van der Waals surface area contributed by atoms with Gasteiger partial charge in [-0.15, -0.1) is 21.5 Å². The molecular weight excluding hydrogens is 400 g/mol. The maximum absolute atomic E-state index is 12.7. The molecule has 0 aromatic carbocycles. The van der Waals surface area contributed by atoms with Gasteiger partial charge in [-0.05, 0) is 53.7 Å². The summed E-state index contributed by atoms with van der Waals surface area (Å²) in [4.78, 5) is 0. The molecule has 2 aromatic heterocycles. The van der Waals surface area contributed by atoms with E-state index >= 15 is 0 Å². The zero-order valence-corrected chi connectivity index (χ0v) is 15.6. The van der Waals surface area contributed by atoms with Crippen molar-refractivity contribution in [1.29, 1.82) is 0 Å². The van der Waals surface area contributed by atoms with Gasteiger partial charge in [0.2, 0.25) is 0 Å². The number of thiophene rings is 1. The Morgan fingerprint density at radius 2 is 1.91 bits per heavy atom. The third kappa shape index (κ3) is 2.99. The summed E-state index contributed by atoms with van der Waals surface area (Å²) in [6.45, 7) is 1.09. The molecule has 1 saturated heterocycles. The van der Waals surface area contributed by atoms with Gasteiger partial charge in [-0.2, -0.15) is 4.31 Å². The predicted molar refractivity (Wildman–Crippen MR) is 91.0 cm³/mol. The van der Waals surface area contributed by atoms with E-state index in [9.17, 15) is 8.42 Å². The van der Waals surface area contributed by atoms with E-state index in [0.717, 1.165) is 22.5 Å². The highest BCUT2D eigenvalue weighted by atomic mass is 79.9. The van der Waals surface area contributed by atoms with Crippen molar-refractivity contribution >= 4 is 37.3 Å². The van der Waals surface area contributed by atoms with Crippen LogP contribution in [0.15, 0.2) is 26.5 Å². The summed E-state index contributed by atoms with van der Waals surface area (Å²) in [6.07, 6.45) is 5.81. The molecule has 0 bridgehead atoms. The smallest absolute Gasteiger partial charge is 0.252 e. The summed E-state index contributed by atoms with van der Waals surface area (Å²) in [7, 11) is -3.37. The van der Waals surface area contributed by atoms with E-state index in [4.69, 9.17) is 0 Å². The molecule has 0 radical (unpaired) electrons. The van der Waals surface area contributed by atoms with Crippen LogP contribution in [0.2, 0.25) is 0 Å². The van der Waals surface area contributed by atoms with Crippen molar-refractivity contribution in [2.45, 2.75) is 41.9 Å². The van der Waals surface area contributed by atoms with Gasteiger partial charge in [-0.1, -0.05) is 0 Å². The van der Waals surface area contributed by atoms with Crippen LogP contribution in [0.4, 0.5) is 0 Å². The molecule has 9 heteroatoms. The van der Waals surface area contributed by atoms with E-state index in [1.54, 1.807) is 22.8 Å². The summed E-state index contributed by atoms with van der Waals surface area (Å²) in [5.74, 6) is 1.64. The third-order valence-electron chi connectivity index (χ3n) is 4.50. The molecule has 0 unspecified atom stereocenters. The zero-order chi connectivity index (χ0) is 16.0. The van der Waals surface area contributed by atoms with E-state index < -0.39 is 10.0 Å². The number of rotatable bonds is 4. The lowest BCUT2D eigenvalue weighted by atomic mass is 10.1. The Kier molecular flexibility index (Phi) is 4.07. The van der Waals surface area contributed by atoms with Gasteiger partial charge in [0.1, 0.15) is 16.4 Å². The summed E-state index contributed by atoms with van der Waals surface area (Å²) in [5.41, 5.74) is 0. The normalized spacial score (nSPS) is 20.9. The van der Waals surface area contributed by atoms with Crippen molar-refractivity contribution in [3.05, 3.63) is 28.1 Å². The first-order valence-electron chi connectivity index (χ1n) is 7.70. The van der Waals surface area contributed by atoms with E-state index in [1.807, 2.05) is 0 Å². The second-order valence-corrected chi connectivity index (χ2v) is 10.7. The van der Waals surface area contributed by atoms with Crippen molar-refractivity contribution in [1.82, 2.24) is 19.1 Å². The fourth-order valence-electron chi connectivity index (χ4n) is 3.09. The van der Waals surface area contributed by atoms with Crippen LogP contribution in [0.1, 0.15) is 43.5 Å². The minimum Gasteiger partial charge on any atom is -0.314 e. The molecule has 6 nitrogen and oxygen atoms in total. The fraction of sp³-hybridized carbons (Fsp3) is 0.571. The molecule has 3 heterocycles. The van der Waals surface area contributed by atoms with Crippen LogP contribution in [0.5, 0.6) is 0 Å². The van der Waals surface area contributed by atoms with Gasteiger partial charge < -0.3 is 4.57 Å². The first-order chi connectivity index (χ1) is 11.1. The molecule has 23 heavy (non-hydrogen) atoms. The average molecular weight is 417 g/mol. The number of hydrogen-bond donors (Lipinski definition) is 0. The molecular formula is C14H17BrN4O2S2. The van der Waals surface area contributed by atoms with Crippen LogP contribution in [-0.2, 0) is 10.0 Å². The maximum Gasteiger partial charge on any atom is 0.252 e. The number of halogens is 1. The molecule has 0 amide bonds. The highest BCUT2D eigenvalue weighted by molar-refractivity contribution is 9.11. The van der Waals surface area contributed by atoms with Crippen LogP contribution in [-0.4, -0.2) is 40.6 Å². The molecule has 2 fully saturated rings. The van der Waals surface area contributed by atoms with Crippen molar-refractivity contribution in [3.8, 4) is 0 Å². The fourth-order valence-corrected chi connectivity index (χ4v) is 6.72. The summed E-state index contributed by atoms with van der Waals surface area (Å²) in [5, 5.41) is 8.30. The highest BCUT2D eigenvalue weighted by Gasteiger charge is 2.34.